The number of rotatable bonds is 6. The Morgan fingerprint density at radius 3 is 2.60 bits per heavy atom. The summed E-state index contributed by atoms with van der Waals surface area (Å²) < 4.78 is 5.33. The lowest BCUT2D eigenvalue weighted by Gasteiger charge is -2.19. The minimum Gasteiger partial charge on any atom is -0.476 e. The van der Waals surface area contributed by atoms with Crippen molar-refractivity contribution >= 4 is 11.7 Å². The van der Waals surface area contributed by atoms with E-state index in [-0.39, 0.29) is 24.1 Å². The van der Waals surface area contributed by atoms with Crippen molar-refractivity contribution in [3.05, 3.63) is 62.8 Å². The lowest BCUT2D eigenvalue weighted by molar-refractivity contribution is -0.390. The maximum Gasteiger partial charge on any atom is 0.406 e. The largest absolute Gasteiger partial charge is 0.476 e. The van der Waals surface area contributed by atoms with Crippen molar-refractivity contribution < 1.29 is 14.5 Å². The summed E-state index contributed by atoms with van der Waals surface area (Å²) in [6, 6.07) is 9.11. The van der Waals surface area contributed by atoms with Gasteiger partial charge in [0.25, 0.3) is 5.91 Å². The molecule has 0 unspecified atom stereocenters. The molecule has 1 amide bonds. The lowest BCUT2D eigenvalue weighted by atomic mass is 10.1. The summed E-state index contributed by atoms with van der Waals surface area (Å²) in [5.74, 6) is -0.663. The molecule has 0 radical (unpaired) electrons. The molecule has 0 aliphatic carbocycles. The van der Waals surface area contributed by atoms with Crippen LogP contribution in [0, 0.1) is 30.9 Å². The SMILES string of the molecule is Cc1ccc(CN(C)C(=O)COc2ccc(C)nc2[N+](=O)[O-])c(C)c1. The van der Waals surface area contributed by atoms with Gasteiger partial charge < -0.3 is 19.8 Å². The van der Waals surface area contributed by atoms with Crippen molar-refractivity contribution in [3.63, 3.8) is 0 Å². The second kappa shape index (κ2) is 7.74. The second-order valence-electron chi connectivity index (χ2n) is 6.00. The van der Waals surface area contributed by atoms with Gasteiger partial charge in [-0.25, -0.2) is 0 Å². The van der Waals surface area contributed by atoms with E-state index in [9.17, 15) is 14.9 Å². The molecule has 0 saturated heterocycles. The van der Waals surface area contributed by atoms with Gasteiger partial charge in [0.05, 0.1) is 0 Å². The van der Waals surface area contributed by atoms with Crippen LogP contribution in [0.4, 0.5) is 5.82 Å². The van der Waals surface area contributed by atoms with Crippen LogP contribution in [0.25, 0.3) is 0 Å². The highest BCUT2D eigenvalue weighted by molar-refractivity contribution is 5.77. The molecule has 0 N–H and O–H groups in total. The number of likely N-dealkylation sites (N-methyl/N-ethyl adjacent to an activating group) is 1. The van der Waals surface area contributed by atoms with Crippen LogP contribution in [-0.2, 0) is 11.3 Å². The molecule has 7 heteroatoms. The molecule has 1 aromatic carbocycles. The predicted molar refractivity (Wildman–Crippen MR) is 93.5 cm³/mol. The average Bonchev–Trinajstić information content (AvgIpc) is 2.55. The Bertz CT molecular complexity index is 805. The van der Waals surface area contributed by atoms with E-state index in [0.717, 1.165) is 16.7 Å². The minimum atomic E-state index is -0.619. The van der Waals surface area contributed by atoms with E-state index in [4.69, 9.17) is 4.74 Å². The number of benzene rings is 1. The Hall–Kier alpha value is -2.96. The summed E-state index contributed by atoms with van der Waals surface area (Å²) in [7, 11) is 1.67. The molecule has 2 rings (SSSR count). The third-order valence-electron chi connectivity index (χ3n) is 3.83. The Labute approximate surface area is 146 Å². The second-order valence-corrected chi connectivity index (χ2v) is 6.00. The molecule has 0 aliphatic heterocycles. The van der Waals surface area contributed by atoms with Gasteiger partial charge in [0, 0.05) is 20.5 Å². The fourth-order valence-corrected chi connectivity index (χ4v) is 2.39. The normalized spacial score (nSPS) is 10.4. The van der Waals surface area contributed by atoms with E-state index in [1.165, 1.54) is 11.0 Å². The van der Waals surface area contributed by atoms with Crippen molar-refractivity contribution in [1.29, 1.82) is 0 Å². The maximum atomic E-state index is 12.3. The van der Waals surface area contributed by atoms with Gasteiger partial charge in [-0.2, -0.15) is 0 Å². The predicted octanol–water partition coefficient (Wildman–Crippen LogP) is 2.95. The van der Waals surface area contributed by atoms with E-state index in [2.05, 4.69) is 11.1 Å². The third-order valence-corrected chi connectivity index (χ3v) is 3.83. The number of nitro groups is 1. The van der Waals surface area contributed by atoms with Crippen molar-refractivity contribution in [2.45, 2.75) is 27.3 Å². The van der Waals surface area contributed by atoms with Crippen LogP contribution in [0.1, 0.15) is 22.4 Å². The molecule has 1 aromatic heterocycles. The first kappa shape index (κ1) is 18.4. The van der Waals surface area contributed by atoms with Gasteiger partial charge in [-0.05, 0) is 47.0 Å². The minimum absolute atomic E-state index is 0.0103. The number of amides is 1. The number of carbonyl (C=O) groups is 1. The third kappa shape index (κ3) is 4.76. The van der Waals surface area contributed by atoms with E-state index < -0.39 is 4.92 Å². The molecule has 0 saturated carbocycles. The van der Waals surface area contributed by atoms with Crippen molar-refractivity contribution in [2.24, 2.45) is 0 Å². The molecule has 0 spiro atoms. The smallest absolute Gasteiger partial charge is 0.406 e. The highest BCUT2D eigenvalue weighted by Gasteiger charge is 2.19. The van der Waals surface area contributed by atoms with E-state index >= 15 is 0 Å². The molecular formula is C18H21N3O4. The van der Waals surface area contributed by atoms with Crippen LogP contribution in [0.3, 0.4) is 0 Å². The summed E-state index contributed by atoms with van der Waals surface area (Å²) >= 11 is 0. The molecular weight excluding hydrogens is 322 g/mol. The number of pyridine rings is 1. The van der Waals surface area contributed by atoms with Crippen molar-refractivity contribution in [1.82, 2.24) is 9.88 Å². The first-order valence-electron chi connectivity index (χ1n) is 7.83. The molecule has 25 heavy (non-hydrogen) atoms. The van der Waals surface area contributed by atoms with Gasteiger partial charge in [-0.3, -0.25) is 4.79 Å². The van der Waals surface area contributed by atoms with Crippen molar-refractivity contribution in [2.75, 3.05) is 13.7 Å². The fourth-order valence-electron chi connectivity index (χ4n) is 2.39. The van der Waals surface area contributed by atoms with Gasteiger partial charge in [0.2, 0.25) is 5.75 Å². The monoisotopic (exact) mass is 343 g/mol. The van der Waals surface area contributed by atoms with Crippen LogP contribution in [0.2, 0.25) is 0 Å². The van der Waals surface area contributed by atoms with Crippen molar-refractivity contribution in [3.8, 4) is 5.75 Å². The van der Waals surface area contributed by atoms with E-state index in [1.54, 1.807) is 20.0 Å². The molecule has 0 aliphatic rings. The summed E-state index contributed by atoms with van der Waals surface area (Å²) in [5.41, 5.74) is 3.83. The summed E-state index contributed by atoms with van der Waals surface area (Å²) in [4.78, 5) is 28.0. The molecule has 0 bridgehead atoms. The summed E-state index contributed by atoms with van der Waals surface area (Å²) in [6.07, 6.45) is 0. The average molecular weight is 343 g/mol. The zero-order valence-electron chi connectivity index (χ0n) is 14.8. The molecule has 7 nitrogen and oxygen atoms in total. The first-order chi connectivity index (χ1) is 11.8. The number of nitrogens with zero attached hydrogens (tertiary/aromatic N) is 3. The maximum absolute atomic E-state index is 12.3. The van der Waals surface area contributed by atoms with Gasteiger partial charge >= 0.3 is 5.82 Å². The van der Waals surface area contributed by atoms with Crippen LogP contribution in [0.5, 0.6) is 5.75 Å². The first-order valence-corrected chi connectivity index (χ1v) is 7.83. The van der Waals surface area contributed by atoms with Crippen LogP contribution in [-0.4, -0.2) is 34.4 Å². The molecule has 2 aromatic rings. The van der Waals surface area contributed by atoms with Gasteiger partial charge in [-0.1, -0.05) is 23.8 Å². The molecule has 132 valence electrons. The number of hydrogen-bond donors (Lipinski definition) is 0. The Morgan fingerprint density at radius 1 is 1.24 bits per heavy atom. The van der Waals surface area contributed by atoms with Crippen LogP contribution >= 0.6 is 0 Å². The number of aryl methyl sites for hydroxylation is 3. The highest BCUT2D eigenvalue weighted by Crippen LogP contribution is 2.24. The van der Waals surface area contributed by atoms with Gasteiger partial charge in [0.1, 0.15) is 5.69 Å². The number of ether oxygens (including phenoxy) is 1. The van der Waals surface area contributed by atoms with Gasteiger partial charge in [-0.15, -0.1) is 0 Å². The molecule has 0 fully saturated rings. The van der Waals surface area contributed by atoms with Crippen LogP contribution < -0.4 is 4.74 Å². The zero-order chi connectivity index (χ0) is 18.6. The number of carbonyl (C=O) groups excluding carboxylic acids is 1. The Balaban J connectivity index is 2.01. The number of hydrogen-bond acceptors (Lipinski definition) is 5. The highest BCUT2D eigenvalue weighted by atomic mass is 16.6. The quantitative estimate of drug-likeness (QED) is 0.594. The number of aromatic nitrogens is 1. The summed E-state index contributed by atoms with van der Waals surface area (Å²) in [6.45, 7) is 5.83. The fraction of sp³-hybridized carbons (Fsp3) is 0.333. The Kier molecular flexibility index (Phi) is 5.69. The zero-order valence-corrected chi connectivity index (χ0v) is 14.8. The molecule has 0 atom stereocenters. The van der Waals surface area contributed by atoms with Crippen LogP contribution in [0.15, 0.2) is 30.3 Å². The topological polar surface area (TPSA) is 85.6 Å². The van der Waals surface area contributed by atoms with Gasteiger partial charge in [0.15, 0.2) is 6.61 Å². The van der Waals surface area contributed by atoms with E-state index in [1.807, 2.05) is 26.0 Å². The van der Waals surface area contributed by atoms with E-state index in [0.29, 0.717) is 12.2 Å². The Morgan fingerprint density at radius 2 is 1.96 bits per heavy atom. The summed E-state index contributed by atoms with van der Waals surface area (Å²) in [5, 5.41) is 11.0. The standard InChI is InChI=1S/C18H21N3O4/c1-12-5-7-15(13(2)9-12)10-20(4)17(22)11-25-16-8-6-14(3)19-18(16)21(23)24/h5-9H,10-11H2,1-4H3. The lowest BCUT2D eigenvalue weighted by Crippen LogP contribution is -2.31. The molecule has 1 heterocycles.